The molecule has 4 heteroatoms. The smallest absolute Gasteiger partial charge is 0 e. The summed E-state index contributed by atoms with van der Waals surface area (Å²) in [5.74, 6) is 0. The standard InChI is InChI=1S/Bi.Fe.Sm.W. The summed E-state index contributed by atoms with van der Waals surface area (Å²) in [7, 11) is 0. The molecule has 0 amide bonds. The van der Waals surface area contributed by atoms with Gasteiger partial charge in [0.1, 0.15) is 0 Å². The van der Waals surface area contributed by atoms with Crippen LogP contribution >= 0.6 is 0 Å². The molecular weight excluding hydrogens is 599 g/mol. The minimum atomic E-state index is 0. The molecule has 0 nitrogen and oxygen atoms in total. The monoisotopic (exact) mass is 601 g/mol. The van der Waals surface area contributed by atoms with Crippen molar-refractivity contribution < 1.29 is 78.5 Å². The summed E-state index contributed by atoms with van der Waals surface area (Å²) < 4.78 is 0. The summed E-state index contributed by atoms with van der Waals surface area (Å²) in [6, 6.07) is 0. The van der Waals surface area contributed by atoms with Crippen molar-refractivity contribution >= 4 is 26.2 Å². The van der Waals surface area contributed by atoms with Gasteiger partial charge in [-0.3, -0.25) is 0 Å². The van der Waals surface area contributed by atoms with E-state index in [1.165, 1.54) is 0 Å². The van der Waals surface area contributed by atoms with Gasteiger partial charge in [-0.1, -0.05) is 0 Å². The molecular formula is BiFeSmW. The second kappa shape index (κ2) is 16.1. The first kappa shape index (κ1) is 26.1. The van der Waals surface area contributed by atoms with Crippen LogP contribution in [0.5, 0.6) is 0 Å². The van der Waals surface area contributed by atoms with Gasteiger partial charge in [-0.05, 0) is 0 Å². The number of hydrogen-bond donors (Lipinski definition) is 0. The first-order valence-electron chi connectivity index (χ1n) is 0. The summed E-state index contributed by atoms with van der Waals surface area (Å²) in [5, 5.41) is 0. The average Bonchev–Trinajstić information content (AvgIpc) is 0. The van der Waals surface area contributed by atoms with E-state index in [2.05, 4.69) is 0 Å². The molecule has 0 aliphatic rings. The van der Waals surface area contributed by atoms with E-state index < -0.39 is 0 Å². The van der Waals surface area contributed by atoms with Gasteiger partial charge >= 0.3 is 0 Å². The van der Waals surface area contributed by atoms with E-state index in [1.54, 1.807) is 0 Å². The van der Waals surface area contributed by atoms with E-state index in [4.69, 9.17) is 0 Å². The average molecular weight is 599 g/mol. The Balaban J connectivity index is 0. The molecule has 0 saturated carbocycles. The van der Waals surface area contributed by atoms with Crippen molar-refractivity contribution in [1.82, 2.24) is 0 Å². The predicted octanol–water partition coefficient (Wildman–Crippen LogP) is -0.386. The molecule has 25 valence electrons. The minimum Gasteiger partial charge on any atom is 0 e. The Kier molecular flexibility index (Phi) is 105. The second-order valence-corrected chi connectivity index (χ2v) is 0. The summed E-state index contributed by atoms with van der Waals surface area (Å²) in [6.07, 6.45) is 0. The zero-order valence-corrected chi connectivity index (χ0v) is 11.8. The van der Waals surface area contributed by atoms with Crippen LogP contribution in [0.25, 0.3) is 0 Å². The molecule has 4 heavy (non-hydrogen) atoms. The van der Waals surface area contributed by atoms with Crippen LogP contribution in [0.1, 0.15) is 0 Å². The van der Waals surface area contributed by atoms with Gasteiger partial charge in [0.05, 0.1) is 0 Å². The van der Waals surface area contributed by atoms with Crippen LogP contribution in [0.2, 0.25) is 0 Å². The zero-order valence-electron chi connectivity index (χ0n) is 1.62. The summed E-state index contributed by atoms with van der Waals surface area (Å²) in [4.78, 5) is 0. The van der Waals surface area contributed by atoms with Crippen LogP contribution in [-0.2, 0) is 38.1 Å². The molecule has 0 aromatic rings. The Morgan fingerprint density at radius 2 is 1.00 bits per heavy atom. The van der Waals surface area contributed by atoms with Crippen molar-refractivity contribution in [2.24, 2.45) is 0 Å². The molecule has 0 atom stereocenters. The van der Waals surface area contributed by atoms with E-state index in [0.29, 0.717) is 0 Å². The fraction of sp³-hybridized carbons (Fsp3) is 0. The van der Waals surface area contributed by atoms with Crippen LogP contribution in [0, 0.1) is 40.4 Å². The van der Waals surface area contributed by atoms with E-state index in [1.807, 2.05) is 0 Å². The Morgan fingerprint density at radius 1 is 1.00 bits per heavy atom. The summed E-state index contributed by atoms with van der Waals surface area (Å²) in [6.45, 7) is 0. The Labute approximate surface area is 102 Å². The largest absolute Gasteiger partial charge is 0 e. The Morgan fingerprint density at radius 3 is 1.00 bits per heavy atom. The van der Waals surface area contributed by atoms with Gasteiger partial charge in [-0.25, -0.2) is 0 Å². The van der Waals surface area contributed by atoms with Crippen LogP contribution in [0.15, 0.2) is 0 Å². The second-order valence-electron chi connectivity index (χ2n) is 0. The third-order valence-corrected chi connectivity index (χ3v) is 0. The molecule has 0 fully saturated rings. The van der Waals surface area contributed by atoms with E-state index in [9.17, 15) is 0 Å². The molecule has 0 unspecified atom stereocenters. The maximum atomic E-state index is 0. The van der Waals surface area contributed by atoms with Crippen LogP contribution in [0.3, 0.4) is 0 Å². The molecule has 0 aromatic carbocycles. The van der Waals surface area contributed by atoms with Gasteiger partial charge in [0.25, 0.3) is 0 Å². The maximum absolute atomic E-state index is 0. The molecule has 0 saturated heterocycles. The SMILES string of the molecule is [Bi].[Fe].[Sm].[W]. The first-order chi connectivity index (χ1) is 0. The van der Waals surface area contributed by atoms with Crippen LogP contribution in [-0.4, -0.2) is 26.2 Å². The molecule has 0 heterocycles. The molecule has 0 N–H and O–H groups in total. The Hall–Kier alpha value is 3.43. The molecule has 3 radical (unpaired) electrons. The summed E-state index contributed by atoms with van der Waals surface area (Å²) in [5.41, 5.74) is 0. The van der Waals surface area contributed by atoms with E-state index in [0.717, 1.165) is 0 Å². The van der Waals surface area contributed by atoms with Gasteiger partial charge in [0, 0.05) is 105 Å². The van der Waals surface area contributed by atoms with Crippen molar-refractivity contribution in [3.05, 3.63) is 0 Å². The third kappa shape index (κ3) is 9.06. The molecule has 0 aliphatic carbocycles. The summed E-state index contributed by atoms with van der Waals surface area (Å²) >= 11 is 0. The van der Waals surface area contributed by atoms with Crippen molar-refractivity contribution in [2.75, 3.05) is 0 Å². The van der Waals surface area contributed by atoms with Gasteiger partial charge in [-0.2, -0.15) is 0 Å². The van der Waals surface area contributed by atoms with Crippen molar-refractivity contribution in [2.45, 2.75) is 0 Å². The maximum Gasteiger partial charge on any atom is 0 e. The quantitative estimate of drug-likeness (QED) is 0.334. The minimum absolute atomic E-state index is 0. The van der Waals surface area contributed by atoms with Crippen molar-refractivity contribution in [3.8, 4) is 0 Å². The normalized spacial score (nSPS) is 0. The van der Waals surface area contributed by atoms with Gasteiger partial charge in [0.15, 0.2) is 0 Å². The number of hydrogen-bond acceptors (Lipinski definition) is 0. The fourth-order valence-electron chi connectivity index (χ4n) is 0. The topological polar surface area (TPSA) is 0 Å². The van der Waals surface area contributed by atoms with E-state index >= 15 is 0 Å². The molecule has 0 aromatic heterocycles. The van der Waals surface area contributed by atoms with Crippen molar-refractivity contribution in [3.63, 3.8) is 0 Å². The van der Waals surface area contributed by atoms with Gasteiger partial charge < -0.3 is 0 Å². The fourth-order valence-corrected chi connectivity index (χ4v) is 0. The Bertz CT molecular complexity index is 8.00. The van der Waals surface area contributed by atoms with Crippen LogP contribution < -0.4 is 0 Å². The molecule has 0 aliphatic heterocycles. The molecule has 0 spiro atoms. The van der Waals surface area contributed by atoms with Gasteiger partial charge in [0.2, 0.25) is 0 Å². The molecule has 0 bridgehead atoms. The zero-order chi connectivity index (χ0) is 0. The first-order valence-corrected chi connectivity index (χ1v) is 0. The predicted molar refractivity (Wildman–Crippen MR) is 5.75 cm³/mol. The van der Waals surface area contributed by atoms with Crippen LogP contribution in [0.4, 0.5) is 0 Å². The number of rotatable bonds is 0. The van der Waals surface area contributed by atoms with E-state index in [-0.39, 0.29) is 105 Å². The van der Waals surface area contributed by atoms with Gasteiger partial charge in [-0.15, -0.1) is 0 Å². The molecule has 0 rings (SSSR count). The third-order valence-electron chi connectivity index (χ3n) is 0. The van der Waals surface area contributed by atoms with Crippen molar-refractivity contribution in [1.29, 1.82) is 0 Å².